The highest BCUT2D eigenvalue weighted by Crippen LogP contribution is 2.29. The van der Waals surface area contributed by atoms with Crippen LogP contribution in [0, 0.1) is 17.2 Å². The minimum absolute atomic E-state index is 0.00626. The van der Waals surface area contributed by atoms with Crippen LogP contribution in [-0.2, 0) is 4.79 Å². The predicted octanol–water partition coefficient (Wildman–Crippen LogP) is 2.45. The van der Waals surface area contributed by atoms with E-state index < -0.39 is 5.54 Å². The molecule has 112 valence electrons. The molecule has 1 amide bonds. The molecule has 4 nitrogen and oxygen atoms in total. The largest absolute Gasteiger partial charge is 0.337 e. The van der Waals surface area contributed by atoms with Gasteiger partial charge < -0.3 is 5.32 Å². The van der Waals surface area contributed by atoms with Crippen LogP contribution in [0.3, 0.4) is 0 Å². The van der Waals surface area contributed by atoms with Crippen molar-refractivity contribution in [1.29, 1.82) is 5.26 Å². The molecule has 2 aliphatic carbocycles. The number of amides is 1. The van der Waals surface area contributed by atoms with Crippen LogP contribution in [0.15, 0.2) is 0 Å². The number of carbonyl (C=O) groups excluding carboxylic acids is 1. The van der Waals surface area contributed by atoms with E-state index in [1.165, 1.54) is 32.1 Å². The van der Waals surface area contributed by atoms with Gasteiger partial charge in [-0.1, -0.05) is 19.3 Å². The third-order valence-electron chi connectivity index (χ3n) is 4.76. The first-order valence-corrected chi connectivity index (χ1v) is 8.04. The number of likely N-dealkylation sites (N-methyl/N-ethyl adjacent to an activating group) is 1. The van der Waals surface area contributed by atoms with E-state index in [-0.39, 0.29) is 5.91 Å². The van der Waals surface area contributed by atoms with Gasteiger partial charge in [-0.3, -0.25) is 9.69 Å². The number of hydrogen-bond donors (Lipinski definition) is 1. The van der Waals surface area contributed by atoms with Crippen molar-refractivity contribution >= 4 is 5.91 Å². The minimum atomic E-state index is -0.581. The maximum atomic E-state index is 12.1. The third-order valence-corrected chi connectivity index (χ3v) is 4.76. The zero-order valence-corrected chi connectivity index (χ0v) is 12.7. The maximum absolute atomic E-state index is 12.1. The summed E-state index contributed by atoms with van der Waals surface area (Å²) in [6.45, 7) is 1.42. The van der Waals surface area contributed by atoms with Gasteiger partial charge in [-0.2, -0.15) is 5.26 Å². The van der Waals surface area contributed by atoms with Gasteiger partial charge in [0.2, 0.25) is 5.91 Å². The number of rotatable bonds is 5. The van der Waals surface area contributed by atoms with Crippen molar-refractivity contribution in [2.24, 2.45) is 5.92 Å². The molecule has 0 unspecified atom stereocenters. The molecule has 4 heteroatoms. The average Bonchev–Trinajstić information content (AvgIpc) is 2.88. The molecule has 2 rings (SSSR count). The molecule has 0 atom stereocenters. The molecule has 0 spiro atoms. The van der Waals surface area contributed by atoms with E-state index in [4.69, 9.17) is 0 Å². The average molecular weight is 277 g/mol. The van der Waals surface area contributed by atoms with Gasteiger partial charge in [-0.15, -0.1) is 0 Å². The second-order valence-corrected chi connectivity index (χ2v) is 6.65. The zero-order valence-electron chi connectivity index (χ0n) is 12.7. The Hall–Kier alpha value is -1.08. The fraction of sp³-hybridized carbons (Fsp3) is 0.875. The van der Waals surface area contributed by atoms with Crippen LogP contribution in [0.25, 0.3) is 0 Å². The molecular formula is C16H27N3O. The van der Waals surface area contributed by atoms with Gasteiger partial charge in [0.15, 0.2) is 0 Å². The van der Waals surface area contributed by atoms with E-state index >= 15 is 0 Å². The lowest BCUT2D eigenvalue weighted by molar-refractivity contribution is -0.123. The van der Waals surface area contributed by atoms with Gasteiger partial charge in [-0.05, 0) is 51.5 Å². The summed E-state index contributed by atoms with van der Waals surface area (Å²) in [6.07, 6.45) is 10.3. The molecule has 0 aromatic carbocycles. The van der Waals surface area contributed by atoms with Crippen LogP contribution in [0.5, 0.6) is 0 Å². The predicted molar refractivity (Wildman–Crippen MR) is 79.0 cm³/mol. The van der Waals surface area contributed by atoms with Crippen molar-refractivity contribution in [3.63, 3.8) is 0 Å². The van der Waals surface area contributed by atoms with E-state index in [0.717, 1.165) is 38.1 Å². The Morgan fingerprint density at radius 2 is 1.90 bits per heavy atom. The monoisotopic (exact) mass is 277 g/mol. The van der Waals surface area contributed by atoms with Gasteiger partial charge >= 0.3 is 0 Å². The lowest BCUT2D eigenvalue weighted by Gasteiger charge is -2.28. The molecule has 0 bridgehead atoms. The Morgan fingerprint density at radius 1 is 1.25 bits per heavy atom. The van der Waals surface area contributed by atoms with E-state index in [9.17, 15) is 10.1 Å². The standard InChI is InChI=1S/C16H27N3O/c1-19(11-14-7-3-2-4-8-14)12-15(20)18-16(13-17)9-5-6-10-16/h14H,2-12H2,1H3,(H,18,20). The van der Waals surface area contributed by atoms with Gasteiger partial charge in [-0.25, -0.2) is 0 Å². The molecule has 2 fully saturated rings. The first kappa shape index (κ1) is 15.3. The molecule has 0 aromatic heterocycles. The van der Waals surface area contributed by atoms with Crippen molar-refractivity contribution in [2.75, 3.05) is 20.1 Å². The lowest BCUT2D eigenvalue weighted by Crippen LogP contribution is -2.49. The molecule has 1 N–H and O–H groups in total. The first-order valence-electron chi connectivity index (χ1n) is 8.04. The molecule has 0 aliphatic heterocycles. The summed E-state index contributed by atoms with van der Waals surface area (Å²) in [6, 6.07) is 2.31. The number of carbonyl (C=O) groups is 1. The van der Waals surface area contributed by atoms with Crippen molar-refractivity contribution < 1.29 is 4.79 Å². The summed E-state index contributed by atoms with van der Waals surface area (Å²) in [5, 5.41) is 12.3. The Bertz CT molecular complexity index is 362. The maximum Gasteiger partial charge on any atom is 0.235 e. The molecule has 20 heavy (non-hydrogen) atoms. The van der Waals surface area contributed by atoms with Crippen molar-refractivity contribution in [3.8, 4) is 6.07 Å². The third kappa shape index (κ3) is 4.21. The van der Waals surface area contributed by atoms with Crippen LogP contribution in [0.1, 0.15) is 57.8 Å². The fourth-order valence-electron chi connectivity index (χ4n) is 3.67. The Balaban J connectivity index is 1.74. The van der Waals surface area contributed by atoms with Gasteiger partial charge in [0.1, 0.15) is 5.54 Å². The van der Waals surface area contributed by atoms with Crippen molar-refractivity contribution in [2.45, 2.75) is 63.3 Å². The van der Waals surface area contributed by atoms with Gasteiger partial charge in [0, 0.05) is 6.54 Å². The van der Waals surface area contributed by atoms with Gasteiger partial charge in [0.25, 0.3) is 0 Å². The van der Waals surface area contributed by atoms with Gasteiger partial charge in [0.05, 0.1) is 12.6 Å². The summed E-state index contributed by atoms with van der Waals surface area (Å²) >= 11 is 0. The molecule has 0 aromatic rings. The molecule has 0 saturated heterocycles. The van der Waals surface area contributed by atoms with Crippen LogP contribution in [0.4, 0.5) is 0 Å². The van der Waals surface area contributed by atoms with Crippen LogP contribution >= 0.6 is 0 Å². The highest BCUT2D eigenvalue weighted by molar-refractivity contribution is 5.79. The highest BCUT2D eigenvalue weighted by atomic mass is 16.2. The quantitative estimate of drug-likeness (QED) is 0.840. The Kier molecular flexibility index (Phi) is 5.42. The first-order chi connectivity index (χ1) is 9.63. The van der Waals surface area contributed by atoms with Crippen molar-refractivity contribution in [1.82, 2.24) is 10.2 Å². The molecular weight excluding hydrogens is 250 g/mol. The smallest absolute Gasteiger partial charge is 0.235 e. The Morgan fingerprint density at radius 3 is 2.50 bits per heavy atom. The molecule has 0 radical (unpaired) electrons. The zero-order chi connectivity index (χ0) is 14.4. The summed E-state index contributed by atoms with van der Waals surface area (Å²) in [5.41, 5.74) is -0.581. The van der Waals surface area contributed by atoms with Crippen LogP contribution in [0.2, 0.25) is 0 Å². The highest BCUT2D eigenvalue weighted by Gasteiger charge is 2.35. The second-order valence-electron chi connectivity index (χ2n) is 6.65. The topological polar surface area (TPSA) is 56.1 Å². The van der Waals surface area contributed by atoms with E-state index in [2.05, 4.69) is 16.3 Å². The van der Waals surface area contributed by atoms with E-state index in [0.29, 0.717) is 6.54 Å². The summed E-state index contributed by atoms with van der Waals surface area (Å²) in [7, 11) is 2.02. The molecule has 2 aliphatic rings. The van der Waals surface area contributed by atoms with E-state index in [1.807, 2.05) is 7.05 Å². The van der Waals surface area contributed by atoms with Crippen LogP contribution in [-0.4, -0.2) is 36.5 Å². The Labute approximate surface area is 122 Å². The minimum Gasteiger partial charge on any atom is -0.337 e. The second kappa shape index (κ2) is 7.08. The lowest BCUT2D eigenvalue weighted by atomic mass is 9.89. The summed E-state index contributed by atoms with van der Waals surface area (Å²) < 4.78 is 0. The summed E-state index contributed by atoms with van der Waals surface area (Å²) in [4.78, 5) is 14.2. The van der Waals surface area contributed by atoms with Crippen LogP contribution < -0.4 is 5.32 Å². The fourth-order valence-corrected chi connectivity index (χ4v) is 3.67. The summed E-state index contributed by atoms with van der Waals surface area (Å²) in [5.74, 6) is 0.754. The molecule has 2 saturated carbocycles. The SMILES string of the molecule is CN(CC(=O)NC1(C#N)CCCC1)CC1CCCCC1. The molecule has 0 heterocycles. The number of nitrogens with zero attached hydrogens (tertiary/aromatic N) is 2. The van der Waals surface area contributed by atoms with Crippen molar-refractivity contribution in [3.05, 3.63) is 0 Å². The number of nitriles is 1. The number of nitrogens with one attached hydrogen (secondary N) is 1. The number of hydrogen-bond acceptors (Lipinski definition) is 3. The van der Waals surface area contributed by atoms with E-state index in [1.54, 1.807) is 0 Å². The normalized spacial score (nSPS) is 22.6.